The Bertz CT molecular complexity index is 644. The summed E-state index contributed by atoms with van der Waals surface area (Å²) in [4.78, 5) is 29.8. The number of nitrogens with zero attached hydrogens (tertiary/aromatic N) is 2. The molecule has 1 aromatic heterocycles. The number of carboxylic acid groups (broad SMARTS) is 1. The molecule has 3 aliphatic heterocycles. The van der Waals surface area contributed by atoms with Crippen molar-refractivity contribution in [3.8, 4) is 0 Å². The van der Waals surface area contributed by atoms with Crippen molar-refractivity contribution in [3.63, 3.8) is 0 Å². The highest BCUT2D eigenvalue weighted by Gasteiger charge is 2.66. The molecule has 21 heavy (non-hydrogen) atoms. The van der Waals surface area contributed by atoms with Gasteiger partial charge in [0.25, 0.3) is 0 Å². The summed E-state index contributed by atoms with van der Waals surface area (Å²) in [7, 11) is 0. The number of hydrogen-bond donors (Lipinski definition) is 1. The van der Waals surface area contributed by atoms with Gasteiger partial charge in [-0.1, -0.05) is 18.2 Å². The van der Waals surface area contributed by atoms with Gasteiger partial charge in [-0.2, -0.15) is 0 Å². The second kappa shape index (κ2) is 4.14. The first kappa shape index (κ1) is 12.5. The normalized spacial score (nSPS) is 36.3. The molecule has 4 heterocycles. The van der Waals surface area contributed by atoms with Gasteiger partial charge in [0.1, 0.15) is 11.5 Å². The molecular formula is C15H14N2O4. The molecule has 0 radical (unpaired) electrons. The topological polar surface area (TPSA) is 79.7 Å². The maximum atomic E-state index is 12.6. The Balaban J connectivity index is 1.63. The lowest BCUT2D eigenvalue weighted by atomic mass is 9.77. The van der Waals surface area contributed by atoms with Crippen molar-refractivity contribution < 1.29 is 19.4 Å². The van der Waals surface area contributed by atoms with Crippen LogP contribution in [0.15, 0.2) is 36.7 Å². The fourth-order valence-corrected chi connectivity index (χ4v) is 3.71. The third-order valence-corrected chi connectivity index (χ3v) is 4.56. The lowest BCUT2D eigenvalue weighted by molar-refractivity contribution is -0.148. The average Bonchev–Trinajstić information content (AvgIpc) is 3.09. The van der Waals surface area contributed by atoms with Crippen LogP contribution in [0.25, 0.3) is 0 Å². The van der Waals surface area contributed by atoms with Crippen LogP contribution in [0.3, 0.4) is 0 Å². The zero-order valence-electron chi connectivity index (χ0n) is 11.2. The summed E-state index contributed by atoms with van der Waals surface area (Å²) in [6.45, 7) is 0.835. The molecule has 0 aliphatic carbocycles. The second-order valence-electron chi connectivity index (χ2n) is 5.79. The summed E-state index contributed by atoms with van der Waals surface area (Å²) in [5.41, 5.74) is 0.167. The predicted octanol–water partition coefficient (Wildman–Crippen LogP) is 0.448. The molecule has 2 bridgehead atoms. The van der Waals surface area contributed by atoms with Crippen molar-refractivity contribution in [1.29, 1.82) is 0 Å². The van der Waals surface area contributed by atoms with Gasteiger partial charge < -0.3 is 14.7 Å². The van der Waals surface area contributed by atoms with Crippen molar-refractivity contribution in [2.24, 2.45) is 11.8 Å². The zero-order valence-corrected chi connectivity index (χ0v) is 11.2. The predicted molar refractivity (Wildman–Crippen MR) is 71.0 cm³/mol. The van der Waals surface area contributed by atoms with Gasteiger partial charge in [-0.05, 0) is 11.6 Å². The number of ether oxygens (including phenoxy) is 1. The van der Waals surface area contributed by atoms with Gasteiger partial charge in [-0.25, -0.2) is 0 Å². The second-order valence-corrected chi connectivity index (χ2v) is 5.79. The Morgan fingerprint density at radius 3 is 3.14 bits per heavy atom. The molecular weight excluding hydrogens is 272 g/mol. The summed E-state index contributed by atoms with van der Waals surface area (Å²) in [6, 6.07) is 3.71. The van der Waals surface area contributed by atoms with Crippen LogP contribution in [-0.4, -0.2) is 45.1 Å². The first-order valence-corrected chi connectivity index (χ1v) is 6.88. The number of carbonyl (C=O) groups excluding carboxylic acids is 1. The van der Waals surface area contributed by atoms with Crippen molar-refractivity contribution in [2.75, 3.05) is 6.54 Å². The summed E-state index contributed by atoms with van der Waals surface area (Å²) in [6.07, 6.45) is 6.55. The van der Waals surface area contributed by atoms with Gasteiger partial charge in [-0.15, -0.1) is 0 Å². The third-order valence-electron chi connectivity index (χ3n) is 4.56. The van der Waals surface area contributed by atoms with Crippen LogP contribution in [0.5, 0.6) is 0 Å². The number of amides is 1. The number of likely N-dealkylation sites (tertiary alicyclic amines) is 1. The van der Waals surface area contributed by atoms with Gasteiger partial charge in [-0.3, -0.25) is 14.6 Å². The third kappa shape index (κ3) is 1.65. The first-order valence-electron chi connectivity index (χ1n) is 6.88. The fraction of sp³-hybridized carbons (Fsp3) is 0.400. The minimum atomic E-state index is -0.965. The van der Waals surface area contributed by atoms with Crippen LogP contribution < -0.4 is 0 Å². The van der Waals surface area contributed by atoms with E-state index in [1.807, 2.05) is 18.2 Å². The smallest absolute Gasteiger partial charge is 0.310 e. The van der Waals surface area contributed by atoms with E-state index in [9.17, 15) is 14.7 Å². The fourth-order valence-electron chi connectivity index (χ4n) is 3.71. The molecule has 1 amide bonds. The standard InChI is InChI=1S/C15H14N2O4/c18-13-12-11(14(19)20)10-3-4-15(12,21-10)8-17(13)7-9-2-1-5-16-6-9/h1-6,10-12H,7-8H2,(H,19,20)/t10-,11+,12+,15+/m1/s1. The maximum Gasteiger partial charge on any atom is 0.310 e. The minimum Gasteiger partial charge on any atom is -0.481 e. The Hall–Kier alpha value is -2.21. The molecule has 0 unspecified atom stereocenters. The molecule has 4 atom stereocenters. The SMILES string of the molecule is O=C(O)[C@@H]1[C@H]2C(=O)N(Cc3cccnc3)C[C@@]23C=C[C@H]1O3. The molecule has 1 aromatic rings. The highest BCUT2D eigenvalue weighted by Crippen LogP contribution is 2.52. The summed E-state index contributed by atoms with van der Waals surface area (Å²) >= 11 is 0. The van der Waals surface area contributed by atoms with E-state index in [0.29, 0.717) is 13.1 Å². The van der Waals surface area contributed by atoms with E-state index in [1.165, 1.54) is 0 Å². The van der Waals surface area contributed by atoms with Crippen molar-refractivity contribution in [3.05, 3.63) is 42.2 Å². The van der Waals surface area contributed by atoms with E-state index in [-0.39, 0.29) is 5.91 Å². The molecule has 0 aromatic carbocycles. The molecule has 4 rings (SSSR count). The summed E-state index contributed by atoms with van der Waals surface area (Å²) in [5, 5.41) is 9.38. The van der Waals surface area contributed by atoms with Crippen LogP contribution in [0.1, 0.15) is 5.56 Å². The first-order chi connectivity index (χ1) is 10.1. The van der Waals surface area contributed by atoms with Gasteiger partial charge >= 0.3 is 5.97 Å². The summed E-state index contributed by atoms with van der Waals surface area (Å²) in [5.74, 6) is -2.49. The van der Waals surface area contributed by atoms with Crippen LogP contribution in [0.4, 0.5) is 0 Å². The lowest BCUT2D eigenvalue weighted by Crippen LogP contribution is -2.39. The number of fused-ring (bicyclic) bond motifs is 1. The number of aromatic nitrogens is 1. The van der Waals surface area contributed by atoms with E-state index in [1.54, 1.807) is 23.4 Å². The lowest BCUT2D eigenvalue weighted by Gasteiger charge is -2.21. The van der Waals surface area contributed by atoms with Gasteiger partial charge in [0.2, 0.25) is 5.91 Å². The van der Waals surface area contributed by atoms with Gasteiger partial charge in [0, 0.05) is 18.9 Å². The highest BCUT2D eigenvalue weighted by molar-refractivity contribution is 5.90. The number of carboxylic acids is 1. The molecule has 2 saturated heterocycles. The molecule has 2 fully saturated rings. The van der Waals surface area contributed by atoms with Crippen LogP contribution in [0, 0.1) is 11.8 Å². The van der Waals surface area contributed by atoms with Crippen molar-refractivity contribution in [2.45, 2.75) is 18.2 Å². The van der Waals surface area contributed by atoms with Crippen LogP contribution >= 0.6 is 0 Å². The van der Waals surface area contributed by atoms with Crippen LogP contribution in [0.2, 0.25) is 0 Å². The Morgan fingerprint density at radius 1 is 1.57 bits per heavy atom. The van der Waals surface area contributed by atoms with E-state index in [0.717, 1.165) is 5.56 Å². The van der Waals surface area contributed by atoms with Gasteiger partial charge in [0.15, 0.2) is 0 Å². The van der Waals surface area contributed by atoms with E-state index in [4.69, 9.17) is 4.74 Å². The number of pyridine rings is 1. The van der Waals surface area contributed by atoms with E-state index < -0.39 is 29.5 Å². The molecule has 1 N–H and O–H groups in total. The molecule has 3 aliphatic rings. The average molecular weight is 286 g/mol. The van der Waals surface area contributed by atoms with E-state index >= 15 is 0 Å². The Labute approximate surface area is 121 Å². The quantitative estimate of drug-likeness (QED) is 0.816. The Morgan fingerprint density at radius 2 is 2.43 bits per heavy atom. The monoisotopic (exact) mass is 286 g/mol. The number of hydrogen-bond acceptors (Lipinski definition) is 4. The number of aliphatic carboxylic acids is 1. The number of rotatable bonds is 3. The van der Waals surface area contributed by atoms with E-state index in [2.05, 4.69) is 4.98 Å². The maximum absolute atomic E-state index is 12.6. The van der Waals surface area contributed by atoms with Crippen LogP contribution in [-0.2, 0) is 20.9 Å². The zero-order chi connectivity index (χ0) is 14.6. The van der Waals surface area contributed by atoms with Crippen molar-refractivity contribution >= 4 is 11.9 Å². The molecule has 6 nitrogen and oxygen atoms in total. The number of carbonyl (C=O) groups is 2. The molecule has 1 spiro atoms. The molecule has 0 saturated carbocycles. The largest absolute Gasteiger partial charge is 0.481 e. The van der Waals surface area contributed by atoms with Crippen molar-refractivity contribution in [1.82, 2.24) is 9.88 Å². The summed E-state index contributed by atoms with van der Waals surface area (Å²) < 4.78 is 5.83. The molecule has 108 valence electrons. The van der Waals surface area contributed by atoms with Gasteiger partial charge in [0.05, 0.1) is 18.6 Å². The highest BCUT2D eigenvalue weighted by atomic mass is 16.5. The Kier molecular flexibility index (Phi) is 2.47. The minimum absolute atomic E-state index is 0.141. The molecule has 6 heteroatoms.